The maximum absolute atomic E-state index is 11.5. The van der Waals surface area contributed by atoms with Crippen molar-refractivity contribution in [2.45, 2.75) is 79.1 Å². The van der Waals surface area contributed by atoms with E-state index >= 15 is 0 Å². The van der Waals surface area contributed by atoms with Gasteiger partial charge in [-0.1, -0.05) is 76.3 Å². The summed E-state index contributed by atoms with van der Waals surface area (Å²) in [6.45, 7) is 16.1. The molecule has 4 atom stereocenters. The second-order valence-corrected chi connectivity index (χ2v) is 9.34. The summed E-state index contributed by atoms with van der Waals surface area (Å²) in [5.41, 5.74) is 0. The average Bonchev–Trinajstić information content (AvgIpc) is 3.45. The summed E-state index contributed by atoms with van der Waals surface area (Å²) in [5.74, 6) is -1.05. The second-order valence-electron chi connectivity index (χ2n) is 9.34. The highest BCUT2D eigenvalue weighted by molar-refractivity contribution is 6.04. The van der Waals surface area contributed by atoms with E-state index in [1.54, 1.807) is 0 Å². The number of hydrogen-bond acceptors (Lipinski definition) is 6. The first-order chi connectivity index (χ1) is 18.2. The lowest BCUT2D eigenvalue weighted by molar-refractivity contribution is -0.154. The van der Waals surface area contributed by atoms with Gasteiger partial charge in [0, 0.05) is 12.2 Å². The van der Waals surface area contributed by atoms with Crippen molar-refractivity contribution in [1.82, 2.24) is 0 Å². The number of cyclic esters (lactones) is 4. The van der Waals surface area contributed by atoms with Gasteiger partial charge in [0.1, 0.15) is 0 Å². The Morgan fingerprint density at radius 1 is 0.842 bits per heavy atom. The number of esters is 4. The highest BCUT2D eigenvalue weighted by atomic mass is 16.6. The van der Waals surface area contributed by atoms with Crippen molar-refractivity contribution in [2.75, 3.05) is 0 Å². The predicted molar refractivity (Wildman–Crippen MR) is 153 cm³/mol. The third-order valence-electron chi connectivity index (χ3n) is 6.00. The fraction of sp³-hybridized carbons (Fsp3) is 0.500. The molecule has 0 aliphatic carbocycles. The van der Waals surface area contributed by atoms with Crippen LogP contribution >= 0.6 is 0 Å². The van der Waals surface area contributed by atoms with Gasteiger partial charge >= 0.3 is 23.9 Å². The second kappa shape index (κ2) is 21.8. The molecule has 0 aromatic carbocycles. The molecule has 6 nitrogen and oxygen atoms in total. The largest absolute Gasteiger partial charge is 0.393 e. The zero-order valence-electron chi connectivity index (χ0n) is 23.6. The van der Waals surface area contributed by atoms with E-state index in [1.807, 2.05) is 19.1 Å². The van der Waals surface area contributed by atoms with Crippen LogP contribution in [0.4, 0.5) is 0 Å². The Bertz CT molecular complexity index is 860. The molecule has 0 spiro atoms. The number of rotatable bonds is 14. The molecular formula is C32H46O6. The summed E-state index contributed by atoms with van der Waals surface area (Å²) >= 11 is 0. The smallest absolute Gasteiger partial charge is 0.338 e. The summed E-state index contributed by atoms with van der Waals surface area (Å²) in [4.78, 5) is 42.4. The monoisotopic (exact) mass is 526 g/mol. The van der Waals surface area contributed by atoms with Crippen molar-refractivity contribution in [3.8, 4) is 0 Å². The van der Waals surface area contributed by atoms with Crippen LogP contribution in [0, 0.1) is 23.7 Å². The fourth-order valence-electron chi connectivity index (χ4n) is 3.49. The molecule has 0 bridgehead atoms. The van der Waals surface area contributed by atoms with Crippen molar-refractivity contribution in [1.29, 1.82) is 0 Å². The Balaban J connectivity index is 0.000000660. The fourth-order valence-corrected chi connectivity index (χ4v) is 3.49. The lowest BCUT2D eigenvalue weighted by atomic mass is 9.89. The molecule has 0 radical (unpaired) electrons. The molecule has 4 unspecified atom stereocenters. The molecule has 0 aromatic heterocycles. The molecule has 2 aliphatic rings. The number of carbonyl (C=O) groups excluding carboxylic acids is 4. The van der Waals surface area contributed by atoms with E-state index in [1.165, 1.54) is 12.8 Å². The summed E-state index contributed by atoms with van der Waals surface area (Å²) in [6, 6.07) is 0. The minimum absolute atomic E-state index is 0.130. The minimum atomic E-state index is -0.579. The Morgan fingerprint density at radius 2 is 1.42 bits per heavy atom. The molecule has 2 rings (SSSR count). The standard InChI is InChI=1S/C18H26O3.C10H18.C4H2O3/c1-4-6-7-8-11-15(5-2)12-9-10-14(3)16-13-17(19)21-18(16)20;1-4-6-7-8-9-10(3)5-2;5-3-1-2-4(6)7-3/h5-7,9,12,14-16H,2,4,8,10-11,13H2,1,3H3;5-7,10H,2,4,8-9H2,1,3H3;1-2H/b7-6+,12-9-;7-6+;. The van der Waals surface area contributed by atoms with Gasteiger partial charge in [0.25, 0.3) is 0 Å². The molecule has 2 heterocycles. The van der Waals surface area contributed by atoms with E-state index in [9.17, 15) is 19.2 Å². The average molecular weight is 527 g/mol. The molecule has 38 heavy (non-hydrogen) atoms. The quantitative estimate of drug-likeness (QED) is 0.133. The first kappa shape index (κ1) is 34.7. The molecule has 2 aliphatic heterocycles. The predicted octanol–water partition coefficient (Wildman–Crippen LogP) is 7.39. The van der Waals surface area contributed by atoms with Gasteiger partial charge < -0.3 is 9.47 Å². The molecule has 0 saturated carbocycles. The van der Waals surface area contributed by atoms with Crippen molar-refractivity contribution in [3.05, 3.63) is 73.9 Å². The van der Waals surface area contributed by atoms with Crippen LogP contribution in [0.25, 0.3) is 0 Å². The van der Waals surface area contributed by atoms with Crippen molar-refractivity contribution in [2.24, 2.45) is 23.7 Å². The maximum atomic E-state index is 11.5. The molecule has 6 heteroatoms. The van der Waals surface area contributed by atoms with E-state index < -0.39 is 17.9 Å². The van der Waals surface area contributed by atoms with Crippen molar-refractivity contribution >= 4 is 23.9 Å². The molecule has 1 saturated heterocycles. The van der Waals surface area contributed by atoms with Crippen LogP contribution in [-0.2, 0) is 28.7 Å². The van der Waals surface area contributed by atoms with E-state index in [2.05, 4.69) is 79.9 Å². The molecule has 0 aromatic rings. The zero-order valence-corrected chi connectivity index (χ0v) is 23.6. The Hall–Kier alpha value is -3.28. The summed E-state index contributed by atoms with van der Waals surface area (Å²) < 4.78 is 8.57. The highest BCUT2D eigenvalue weighted by Crippen LogP contribution is 2.27. The van der Waals surface area contributed by atoms with E-state index in [4.69, 9.17) is 0 Å². The van der Waals surface area contributed by atoms with Crippen LogP contribution < -0.4 is 0 Å². The van der Waals surface area contributed by atoms with E-state index in [0.29, 0.717) is 11.8 Å². The highest BCUT2D eigenvalue weighted by Gasteiger charge is 2.36. The topological polar surface area (TPSA) is 86.7 Å². The SMILES string of the molecule is C=CC(/C=C\CC(C)C1CC(=O)OC1=O)CC/C=C/CC.C=CC(C)CC/C=C/CC.O=C1C=CC(=O)O1. The minimum Gasteiger partial charge on any atom is -0.393 e. The number of carbonyl (C=O) groups is 4. The molecule has 0 N–H and O–H groups in total. The van der Waals surface area contributed by atoms with Gasteiger partial charge in [-0.15, -0.1) is 13.2 Å². The van der Waals surface area contributed by atoms with Gasteiger partial charge in [-0.3, -0.25) is 9.59 Å². The maximum Gasteiger partial charge on any atom is 0.338 e. The van der Waals surface area contributed by atoms with Crippen LogP contribution in [0.3, 0.4) is 0 Å². The first-order valence-electron chi connectivity index (χ1n) is 13.6. The zero-order chi connectivity index (χ0) is 28.8. The van der Waals surface area contributed by atoms with Gasteiger partial charge in [-0.05, 0) is 62.7 Å². The molecule has 210 valence electrons. The van der Waals surface area contributed by atoms with E-state index in [0.717, 1.165) is 44.3 Å². The molecule has 1 fully saturated rings. The van der Waals surface area contributed by atoms with Gasteiger partial charge in [-0.25, -0.2) is 9.59 Å². The summed E-state index contributed by atoms with van der Waals surface area (Å²) in [7, 11) is 0. The van der Waals surface area contributed by atoms with Crippen LogP contribution in [-0.4, -0.2) is 23.9 Å². The normalized spacial score (nSPS) is 19.0. The van der Waals surface area contributed by atoms with Crippen LogP contribution in [0.2, 0.25) is 0 Å². The molecule has 0 amide bonds. The van der Waals surface area contributed by atoms with Crippen LogP contribution in [0.15, 0.2) is 73.9 Å². The Labute approximate surface area is 229 Å². The Kier molecular flexibility index (Phi) is 19.9. The van der Waals surface area contributed by atoms with Crippen molar-refractivity contribution < 1.29 is 28.7 Å². The third kappa shape index (κ3) is 17.2. The van der Waals surface area contributed by atoms with Gasteiger partial charge in [0.2, 0.25) is 0 Å². The van der Waals surface area contributed by atoms with Crippen molar-refractivity contribution in [3.63, 3.8) is 0 Å². The van der Waals surface area contributed by atoms with Gasteiger partial charge in [-0.2, -0.15) is 0 Å². The number of hydrogen-bond donors (Lipinski definition) is 0. The first-order valence-corrected chi connectivity index (χ1v) is 13.6. The van der Waals surface area contributed by atoms with Crippen LogP contribution in [0.5, 0.6) is 0 Å². The Morgan fingerprint density at radius 3 is 1.84 bits per heavy atom. The van der Waals surface area contributed by atoms with Gasteiger partial charge in [0.15, 0.2) is 0 Å². The van der Waals surface area contributed by atoms with Gasteiger partial charge in [0.05, 0.1) is 12.3 Å². The number of allylic oxidation sites excluding steroid dienone is 8. The lowest BCUT2D eigenvalue weighted by Gasteiger charge is -2.12. The molecular weight excluding hydrogens is 480 g/mol. The summed E-state index contributed by atoms with van der Waals surface area (Å²) in [6.07, 6.45) is 27.0. The lowest BCUT2D eigenvalue weighted by Crippen LogP contribution is -2.16. The van der Waals surface area contributed by atoms with E-state index in [-0.39, 0.29) is 24.2 Å². The third-order valence-corrected chi connectivity index (χ3v) is 6.00. The van der Waals surface area contributed by atoms with Crippen LogP contribution in [0.1, 0.15) is 79.1 Å². The number of ether oxygens (including phenoxy) is 2. The summed E-state index contributed by atoms with van der Waals surface area (Å²) in [5, 5.41) is 0.